The zero-order valence-corrected chi connectivity index (χ0v) is 12.7. The second-order valence-corrected chi connectivity index (χ2v) is 4.98. The zero-order chi connectivity index (χ0) is 16.7. The van der Waals surface area contributed by atoms with E-state index < -0.39 is 12.0 Å². The van der Waals surface area contributed by atoms with Gasteiger partial charge in [0, 0.05) is 6.92 Å². The molecule has 0 saturated heterocycles. The predicted molar refractivity (Wildman–Crippen MR) is 84.4 cm³/mol. The number of rotatable bonds is 5. The molecule has 1 N–H and O–H groups in total. The summed E-state index contributed by atoms with van der Waals surface area (Å²) in [4.78, 5) is 23.4. The number of hydrogen-bond donors (Lipinski definition) is 1. The number of carbonyl (C=O) groups excluding carboxylic acids is 2. The van der Waals surface area contributed by atoms with Gasteiger partial charge in [-0.3, -0.25) is 9.59 Å². The van der Waals surface area contributed by atoms with Crippen molar-refractivity contribution in [2.24, 2.45) is 0 Å². The zero-order valence-electron chi connectivity index (χ0n) is 12.7. The SMILES string of the molecule is CC(=O)NC(CC(=O)Oc1ccc(C#N)cc1)c1ccccc1. The minimum Gasteiger partial charge on any atom is -0.426 e. The van der Waals surface area contributed by atoms with Crippen LogP contribution < -0.4 is 10.1 Å². The van der Waals surface area contributed by atoms with E-state index in [4.69, 9.17) is 10.00 Å². The van der Waals surface area contributed by atoms with Crippen molar-refractivity contribution in [1.82, 2.24) is 5.32 Å². The molecule has 0 saturated carbocycles. The van der Waals surface area contributed by atoms with Gasteiger partial charge in [-0.15, -0.1) is 0 Å². The monoisotopic (exact) mass is 308 g/mol. The molecule has 2 aromatic carbocycles. The third kappa shape index (κ3) is 4.97. The first-order chi connectivity index (χ1) is 11.1. The molecule has 2 aromatic rings. The summed E-state index contributed by atoms with van der Waals surface area (Å²) in [7, 11) is 0. The van der Waals surface area contributed by atoms with E-state index in [1.807, 2.05) is 36.4 Å². The third-order valence-corrected chi connectivity index (χ3v) is 3.17. The minimum atomic E-state index is -0.461. The van der Waals surface area contributed by atoms with Crippen molar-refractivity contribution < 1.29 is 14.3 Å². The lowest BCUT2D eigenvalue weighted by Crippen LogP contribution is -2.29. The van der Waals surface area contributed by atoms with Crippen molar-refractivity contribution in [3.63, 3.8) is 0 Å². The third-order valence-electron chi connectivity index (χ3n) is 3.17. The van der Waals surface area contributed by atoms with Crippen molar-refractivity contribution in [3.8, 4) is 11.8 Å². The summed E-state index contributed by atoms with van der Waals surface area (Å²) in [6.07, 6.45) is 0.0175. The van der Waals surface area contributed by atoms with Gasteiger partial charge in [-0.2, -0.15) is 5.26 Å². The minimum absolute atomic E-state index is 0.0175. The van der Waals surface area contributed by atoms with Crippen LogP contribution in [0.5, 0.6) is 5.75 Å². The molecular formula is C18H16N2O3. The second kappa shape index (κ2) is 7.76. The van der Waals surface area contributed by atoms with Crippen molar-refractivity contribution in [2.45, 2.75) is 19.4 Å². The first-order valence-electron chi connectivity index (χ1n) is 7.11. The van der Waals surface area contributed by atoms with Crippen molar-refractivity contribution in [1.29, 1.82) is 5.26 Å². The molecule has 0 aliphatic heterocycles. The number of esters is 1. The molecule has 1 amide bonds. The topological polar surface area (TPSA) is 79.2 Å². The Balaban J connectivity index is 2.05. The van der Waals surface area contributed by atoms with Crippen LogP contribution in [0.3, 0.4) is 0 Å². The number of hydrogen-bond acceptors (Lipinski definition) is 4. The van der Waals surface area contributed by atoms with Crippen LogP contribution in [0.25, 0.3) is 0 Å². The molecule has 1 atom stereocenters. The molecule has 0 heterocycles. The van der Waals surface area contributed by atoms with Crippen LogP contribution in [0, 0.1) is 11.3 Å². The molecule has 23 heavy (non-hydrogen) atoms. The molecule has 0 radical (unpaired) electrons. The first kappa shape index (κ1) is 16.2. The van der Waals surface area contributed by atoms with E-state index in [9.17, 15) is 9.59 Å². The Labute approximate surface area is 134 Å². The number of carbonyl (C=O) groups is 2. The fourth-order valence-electron chi connectivity index (χ4n) is 2.12. The number of benzene rings is 2. The predicted octanol–water partition coefficient (Wildman–Crippen LogP) is 2.73. The van der Waals surface area contributed by atoms with Gasteiger partial charge in [0.25, 0.3) is 0 Å². The highest BCUT2D eigenvalue weighted by Crippen LogP contribution is 2.19. The molecule has 0 fully saturated rings. The Morgan fingerprint density at radius 1 is 1.13 bits per heavy atom. The summed E-state index contributed by atoms with van der Waals surface area (Å²) >= 11 is 0. The van der Waals surface area contributed by atoms with E-state index in [1.165, 1.54) is 6.92 Å². The summed E-state index contributed by atoms with van der Waals surface area (Å²) in [6.45, 7) is 1.40. The molecule has 0 spiro atoms. The summed E-state index contributed by atoms with van der Waals surface area (Å²) in [5.74, 6) is -0.314. The Kier molecular flexibility index (Phi) is 5.48. The van der Waals surface area contributed by atoms with Gasteiger partial charge in [-0.05, 0) is 29.8 Å². The van der Waals surface area contributed by atoms with Crippen LogP contribution in [-0.2, 0) is 9.59 Å². The number of nitrogens with one attached hydrogen (secondary N) is 1. The van der Waals surface area contributed by atoms with Gasteiger partial charge in [0.1, 0.15) is 5.75 Å². The molecule has 5 heteroatoms. The Morgan fingerprint density at radius 2 is 1.78 bits per heavy atom. The second-order valence-electron chi connectivity index (χ2n) is 4.98. The molecule has 5 nitrogen and oxygen atoms in total. The van der Waals surface area contributed by atoms with Crippen LogP contribution in [0.1, 0.15) is 30.5 Å². The van der Waals surface area contributed by atoms with E-state index in [0.29, 0.717) is 11.3 Å². The average Bonchev–Trinajstić information content (AvgIpc) is 2.55. The number of amides is 1. The molecule has 1 unspecified atom stereocenters. The van der Waals surface area contributed by atoms with Crippen LogP contribution in [0.4, 0.5) is 0 Å². The van der Waals surface area contributed by atoms with Gasteiger partial charge in [-0.25, -0.2) is 0 Å². The first-order valence-corrected chi connectivity index (χ1v) is 7.11. The lowest BCUT2D eigenvalue weighted by molar-refractivity contribution is -0.135. The van der Waals surface area contributed by atoms with Gasteiger partial charge < -0.3 is 10.1 Å². The summed E-state index contributed by atoms with van der Waals surface area (Å²) in [5, 5.41) is 11.5. The van der Waals surface area contributed by atoms with E-state index in [0.717, 1.165) is 5.56 Å². The maximum atomic E-state index is 12.1. The van der Waals surface area contributed by atoms with Crippen molar-refractivity contribution in [3.05, 3.63) is 65.7 Å². The van der Waals surface area contributed by atoms with E-state index in [2.05, 4.69) is 5.32 Å². The Bertz CT molecular complexity index is 718. The van der Waals surface area contributed by atoms with Gasteiger partial charge >= 0.3 is 5.97 Å². The maximum absolute atomic E-state index is 12.1. The summed E-state index contributed by atoms with van der Waals surface area (Å²) < 4.78 is 5.25. The molecule has 0 aliphatic rings. The summed E-state index contributed by atoms with van der Waals surface area (Å²) in [6, 6.07) is 17.1. The smallest absolute Gasteiger partial charge is 0.313 e. The molecule has 0 bridgehead atoms. The number of nitriles is 1. The fourth-order valence-corrected chi connectivity index (χ4v) is 2.12. The van der Waals surface area contributed by atoms with Gasteiger partial charge in [0.15, 0.2) is 0 Å². The average molecular weight is 308 g/mol. The highest BCUT2D eigenvalue weighted by Gasteiger charge is 2.18. The van der Waals surface area contributed by atoms with E-state index in [1.54, 1.807) is 24.3 Å². The maximum Gasteiger partial charge on any atom is 0.313 e. The molecule has 2 rings (SSSR count). The molecular weight excluding hydrogens is 292 g/mol. The van der Waals surface area contributed by atoms with Gasteiger partial charge in [0.05, 0.1) is 24.1 Å². The fraction of sp³-hybridized carbons (Fsp3) is 0.167. The summed E-state index contributed by atoms with van der Waals surface area (Å²) in [5.41, 5.74) is 1.32. The van der Waals surface area contributed by atoms with Crippen LogP contribution in [-0.4, -0.2) is 11.9 Å². The highest BCUT2D eigenvalue weighted by molar-refractivity contribution is 5.77. The van der Waals surface area contributed by atoms with E-state index >= 15 is 0 Å². The molecule has 0 aromatic heterocycles. The van der Waals surface area contributed by atoms with Crippen molar-refractivity contribution >= 4 is 11.9 Å². The largest absolute Gasteiger partial charge is 0.426 e. The molecule has 0 aliphatic carbocycles. The Hall–Kier alpha value is -3.13. The standard InChI is InChI=1S/C18H16N2O3/c1-13(21)20-17(15-5-3-2-4-6-15)11-18(22)23-16-9-7-14(12-19)8-10-16/h2-10,17H,11H2,1H3,(H,20,21). The number of nitrogens with zero attached hydrogens (tertiary/aromatic N) is 1. The lowest BCUT2D eigenvalue weighted by atomic mass is 10.0. The number of ether oxygens (including phenoxy) is 1. The Morgan fingerprint density at radius 3 is 2.35 bits per heavy atom. The lowest BCUT2D eigenvalue weighted by Gasteiger charge is -2.17. The van der Waals surface area contributed by atoms with Crippen LogP contribution in [0.2, 0.25) is 0 Å². The quantitative estimate of drug-likeness (QED) is 0.680. The van der Waals surface area contributed by atoms with Crippen LogP contribution in [0.15, 0.2) is 54.6 Å². The van der Waals surface area contributed by atoms with Gasteiger partial charge in [-0.1, -0.05) is 30.3 Å². The highest BCUT2D eigenvalue weighted by atomic mass is 16.5. The normalized spacial score (nSPS) is 11.1. The van der Waals surface area contributed by atoms with E-state index in [-0.39, 0.29) is 12.3 Å². The molecule has 116 valence electrons. The van der Waals surface area contributed by atoms with Gasteiger partial charge in [0.2, 0.25) is 5.91 Å². The van der Waals surface area contributed by atoms with Crippen molar-refractivity contribution in [2.75, 3.05) is 0 Å². The van der Waals surface area contributed by atoms with Crippen LogP contribution >= 0.6 is 0 Å².